The SMILES string of the molecule is CCCCCCOc1ccc(C=NNC(N)=O)cc1Cl. The lowest BCUT2D eigenvalue weighted by molar-refractivity contribution is 0.249. The number of primary amides is 1. The first-order chi connectivity index (χ1) is 9.63. The number of nitrogens with one attached hydrogen (secondary N) is 1. The van der Waals surface area contributed by atoms with Crippen molar-refractivity contribution in [3.63, 3.8) is 0 Å². The molecule has 1 rings (SSSR count). The van der Waals surface area contributed by atoms with Crippen LogP contribution in [0.3, 0.4) is 0 Å². The van der Waals surface area contributed by atoms with Gasteiger partial charge < -0.3 is 10.5 Å². The quantitative estimate of drug-likeness (QED) is 0.439. The molecule has 0 aliphatic rings. The minimum atomic E-state index is -0.709. The molecule has 3 N–H and O–H groups in total. The minimum absolute atomic E-state index is 0.517. The Morgan fingerprint density at radius 1 is 1.45 bits per heavy atom. The molecule has 1 aromatic rings. The molecule has 0 fully saturated rings. The van der Waals surface area contributed by atoms with Crippen molar-refractivity contribution in [3.8, 4) is 5.75 Å². The summed E-state index contributed by atoms with van der Waals surface area (Å²) in [6.07, 6.45) is 6.07. The van der Waals surface area contributed by atoms with Gasteiger partial charge in [0.2, 0.25) is 0 Å². The molecule has 0 aliphatic heterocycles. The van der Waals surface area contributed by atoms with Gasteiger partial charge in [-0.05, 0) is 30.2 Å². The minimum Gasteiger partial charge on any atom is -0.492 e. The van der Waals surface area contributed by atoms with Crippen LogP contribution >= 0.6 is 11.6 Å². The summed E-state index contributed by atoms with van der Waals surface area (Å²) in [6, 6.07) is 4.60. The lowest BCUT2D eigenvalue weighted by Gasteiger charge is -2.08. The van der Waals surface area contributed by atoms with E-state index in [1.807, 2.05) is 0 Å². The van der Waals surface area contributed by atoms with Crippen molar-refractivity contribution >= 4 is 23.8 Å². The molecule has 0 spiro atoms. The number of nitrogens with zero attached hydrogens (tertiary/aromatic N) is 1. The van der Waals surface area contributed by atoms with Crippen molar-refractivity contribution in [1.82, 2.24) is 5.43 Å². The lowest BCUT2D eigenvalue weighted by atomic mass is 10.2. The second-order valence-electron chi connectivity index (χ2n) is 4.33. The summed E-state index contributed by atoms with van der Waals surface area (Å²) in [7, 11) is 0. The Morgan fingerprint density at radius 2 is 2.25 bits per heavy atom. The zero-order valence-electron chi connectivity index (χ0n) is 11.6. The second-order valence-corrected chi connectivity index (χ2v) is 4.74. The number of hydrazone groups is 1. The summed E-state index contributed by atoms with van der Waals surface area (Å²) < 4.78 is 5.61. The Hall–Kier alpha value is -1.75. The third-order valence-corrected chi connectivity index (χ3v) is 2.90. The number of halogens is 1. The molecule has 110 valence electrons. The first-order valence-corrected chi connectivity index (χ1v) is 7.02. The van der Waals surface area contributed by atoms with Gasteiger partial charge in [-0.1, -0.05) is 37.8 Å². The second kappa shape index (κ2) is 9.20. The van der Waals surface area contributed by atoms with Gasteiger partial charge in [0, 0.05) is 0 Å². The van der Waals surface area contributed by atoms with Crippen LogP contribution in [0.15, 0.2) is 23.3 Å². The fourth-order valence-electron chi connectivity index (χ4n) is 1.60. The summed E-state index contributed by atoms with van der Waals surface area (Å²) in [5.41, 5.74) is 7.76. The molecule has 0 saturated heterocycles. The van der Waals surface area contributed by atoms with E-state index in [0.717, 1.165) is 18.4 Å². The van der Waals surface area contributed by atoms with Crippen LogP contribution in [0.2, 0.25) is 5.02 Å². The molecule has 0 radical (unpaired) electrons. The number of carbonyl (C=O) groups excluding carboxylic acids is 1. The maximum atomic E-state index is 10.5. The Labute approximate surface area is 124 Å². The van der Waals surface area contributed by atoms with Crippen LogP contribution in [0, 0.1) is 0 Å². The number of unbranched alkanes of at least 4 members (excludes halogenated alkanes) is 3. The van der Waals surface area contributed by atoms with Crippen LogP contribution in [0.1, 0.15) is 38.2 Å². The van der Waals surface area contributed by atoms with Gasteiger partial charge in [-0.15, -0.1) is 0 Å². The average molecular weight is 298 g/mol. The molecule has 6 heteroatoms. The van der Waals surface area contributed by atoms with E-state index in [1.54, 1.807) is 18.2 Å². The maximum Gasteiger partial charge on any atom is 0.332 e. The molecule has 0 aromatic heterocycles. The molecule has 0 bridgehead atoms. The molecule has 20 heavy (non-hydrogen) atoms. The van der Waals surface area contributed by atoms with Gasteiger partial charge >= 0.3 is 6.03 Å². The highest BCUT2D eigenvalue weighted by Crippen LogP contribution is 2.25. The van der Waals surface area contributed by atoms with Crippen LogP contribution in [0.5, 0.6) is 5.75 Å². The molecule has 0 saturated carbocycles. The molecule has 0 atom stereocenters. The van der Waals surface area contributed by atoms with E-state index in [9.17, 15) is 4.79 Å². The molecule has 0 aliphatic carbocycles. The van der Waals surface area contributed by atoms with E-state index in [2.05, 4.69) is 17.5 Å². The summed E-state index contributed by atoms with van der Waals surface area (Å²) in [6.45, 7) is 2.83. The average Bonchev–Trinajstić information content (AvgIpc) is 2.40. The third kappa shape index (κ3) is 6.43. The Bertz CT molecular complexity index is 464. The Morgan fingerprint density at radius 3 is 2.90 bits per heavy atom. The molecular formula is C14H20ClN3O2. The van der Waals surface area contributed by atoms with Crippen molar-refractivity contribution in [1.29, 1.82) is 0 Å². The highest BCUT2D eigenvalue weighted by molar-refractivity contribution is 6.32. The van der Waals surface area contributed by atoms with E-state index in [-0.39, 0.29) is 0 Å². The van der Waals surface area contributed by atoms with Crippen molar-refractivity contribution < 1.29 is 9.53 Å². The largest absolute Gasteiger partial charge is 0.492 e. The zero-order valence-corrected chi connectivity index (χ0v) is 12.3. The number of carbonyl (C=O) groups is 1. The predicted molar refractivity (Wildman–Crippen MR) is 81.4 cm³/mol. The summed E-state index contributed by atoms with van der Waals surface area (Å²) in [5, 5.41) is 4.18. The number of ether oxygens (including phenoxy) is 1. The van der Waals surface area contributed by atoms with E-state index < -0.39 is 6.03 Å². The molecule has 0 unspecified atom stereocenters. The smallest absolute Gasteiger partial charge is 0.332 e. The summed E-state index contributed by atoms with van der Waals surface area (Å²) >= 11 is 6.11. The number of rotatable bonds is 8. The Kier molecular flexibility index (Phi) is 7.50. The highest BCUT2D eigenvalue weighted by Gasteiger charge is 2.02. The number of hydrogen-bond acceptors (Lipinski definition) is 3. The van der Waals surface area contributed by atoms with Crippen molar-refractivity contribution in [3.05, 3.63) is 28.8 Å². The number of urea groups is 1. The van der Waals surface area contributed by atoms with Crippen LogP contribution in [0.25, 0.3) is 0 Å². The van der Waals surface area contributed by atoms with Gasteiger partial charge in [0.15, 0.2) is 0 Å². The van der Waals surface area contributed by atoms with Gasteiger partial charge in [-0.2, -0.15) is 5.10 Å². The van der Waals surface area contributed by atoms with Crippen LogP contribution in [-0.4, -0.2) is 18.9 Å². The van der Waals surface area contributed by atoms with Crippen molar-refractivity contribution in [2.75, 3.05) is 6.61 Å². The molecule has 0 heterocycles. The van der Waals surface area contributed by atoms with E-state index in [0.29, 0.717) is 17.4 Å². The van der Waals surface area contributed by atoms with Crippen LogP contribution in [-0.2, 0) is 0 Å². The third-order valence-electron chi connectivity index (χ3n) is 2.60. The van der Waals surface area contributed by atoms with Gasteiger partial charge in [0.05, 0.1) is 17.8 Å². The van der Waals surface area contributed by atoms with Gasteiger partial charge in [0.1, 0.15) is 5.75 Å². The highest BCUT2D eigenvalue weighted by atomic mass is 35.5. The normalized spacial score (nSPS) is 10.7. The van der Waals surface area contributed by atoms with Crippen molar-refractivity contribution in [2.24, 2.45) is 10.8 Å². The predicted octanol–water partition coefficient (Wildman–Crippen LogP) is 3.30. The molecule has 1 aromatic carbocycles. The molecular weight excluding hydrogens is 278 g/mol. The number of amides is 2. The van der Waals surface area contributed by atoms with Gasteiger partial charge in [0.25, 0.3) is 0 Å². The van der Waals surface area contributed by atoms with E-state index in [4.69, 9.17) is 22.1 Å². The summed E-state index contributed by atoms with van der Waals surface area (Å²) in [4.78, 5) is 10.5. The zero-order chi connectivity index (χ0) is 14.8. The topological polar surface area (TPSA) is 76.7 Å². The van der Waals surface area contributed by atoms with Crippen LogP contribution < -0.4 is 15.9 Å². The number of hydrogen-bond donors (Lipinski definition) is 2. The first kappa shape index (κ1) is 16.3. The number of nitrogens with two attached hydrogens (primary N) is 1. The Balaban J connectivity index is 2.46. The van der Waals surface area contributed by atoms with Gasteiger partial charge in [-0.3, -0.25) is 0 Å². The lowest BCUT2D eigenvalue weighted by Crippen LogP contribution is -2.24. The number of benzene rings is 1. The molecule has 2 amide bonds. The van der Waals surface area contributed by atoms with E-state index >= 15 is 0 Å². The van der Waals surface area contributed by atoms with Crippen molar-refractivity contribution in [2.45, 2.75) is 32.6 Å². The van der Waals surface area contributed by atoms with Crippen LogP contribution in [0.4, 0.5) is 4.79 Å². The maximum absolute atomic E-state index is 10.5. The summed E-state index contributed by atoms with van der Waals surface area (Å²) in [5.74, 6) is 0.656. The fraction of sp³-hybridized carbons (Fsp3) is 0.429. The van der Waals surface area contributed by atoms with Gasteiger partial charge in [-0.25, -0.2) is 10.2 Å². The molecule has 5 nitrogen and oxygen atoms in total. The fourth-order valence-corrected chi connectivity index (χ4v) is 1.84. The monoisotopic (exact) mass is 297 g/mol. The standard InChI is InChI=1S/C14H20ClN3O2/c1-2-3-4-5-8-20-13-7-6-11(9-12(13)15)10-17-18-14(16)19/h6-7,9-10H,2-5,8H2,1H3,(H3,16,18,19). The first-order valence-electron chi connectivity index (χ1n) is 6.64. The van der Waals surface area contributed by atoms with E-state index in [1.165, 1.54) is 19.1 Å².